The minimum Gasteiger partial charge on any atom is -0.356 e. The van der Waals surface area contributed by atoms with Crippen molar-refractivity contribution < 1.29 is 14.4 Å². The lowest BCUT2D eigenvalue weighted by Crippen LogP contribution is -2.50. The Morgan fingerprint density at radius 3 is 2.22 bits per heavy atom. The molecule has 6 heteroatoms. The molecule has 1 N–H and O–H groups in total. The van der Waals surface area contributed by atoms with Gasteiger partial charge < -0.3 is 15.1 Å². The second-order valence-electron chi connectivity index (χ2n) is 8.44. The molecule has 27 heavy (non-hydrogen) atoms. The Morgan fingerprint density at radius 2 is 1.70 bits per heavy atom. The van der Waals surface area contributed by atoms with Gasteiger partial charge in [0.2, 0.25) is 17.7 Å². The molecular formula is C21H35N3O3. The van der Waals surface area contributed by atoms with E-state index in [0.29, 0.717) is 56.9 Å². The van der Waals surface area contributed by atoms with Gasteiger partial charge in [-0.05, 0) is 37.0 Å². The quantitative estimate of drug-likeness (QED) is 0.746. The third-order valence-electron chi connectivity index (χ3n) is 6.17. The van der Waals surface area contributed by atoms with Crippen LogP contribution in [0.15, 0.2) is 11.6 Å². The smallest absolute Gasteiger partial charge is 0.223 e. The van der Waals surface area contributed by atoms with Gasteiger partial charge in [0.25, 0.3) is 0 Å². The van der Waals surface area contributed by atoms with E-state index >= 15 is 0 Å². The number of nitrogens with zero attached hydrogens (tertiary/aromatic N) is 2. The molecule has 0 radical (unpaired) electrons. The summed E-state index contributed by atoms with van der Waals surface area (Å²) < 4.78 is 0. The summed E-state index contributed by atoms with van der Waals surface area (Å²) in [7, 11) is 0. The van der Waals surface area contributed by atoms with Crippen molar-refractivity contribution in [2.75, 3.05) is 32.7 Å². The van der Waals surface area contributed by atoms with Gasteiger partial charge in [0.05, 0.1) is 0 Å². The highest BCUT2D eigenvalue weighted by atomic mass is 16.2. The fourth-order valence-corrected chi connectivity index (χ4v) is 4.38. The number of nitrogens with one attached hydrogen (secondary N) is 1. The van der Waals surface area contributed by atoms with E-state index in [9.17, 15) is 14.4 Å². The Balaban J connectivity index is 1.97. The van der Waals surface area contributed by atoms with E-state index in [0.717, 1.165) is 6.42 Å². The molecule has 2 aliphatic rings. The minimum absolute atomic E-state index is 0.00515. The highest BCUT2D eigenvalue weighted by Gasteiger charge is 2.33. The first-order valence-corrected chi connectivity index (χ1v) is 10.1. The van der Waals surface area contributed by atoms with Crippen LogP contribution in [0.1, 0.15) is 47.5 Å². The molecule has 3 unspecified atom stereocenters. The first-order valence-electron chi connectivity index (χ1n) is 10.1. The van der Waals surface area contributed by atoms with Gasteiger partial charge in [-0.3, -0.25) is 14.4 Å². The second kappa shape index (κ2) is 9.38. The average Bonchev–Trinajstić information content (AvgIpc) is 2.61. The summed E-state index contributed by atoms with van der Waals surface area (Å²) in [6, 6.07) is 0. The fraction of sp³-hybridized carbons (Fsp3) is 0.762. The van der Waals surface area contributed by atoms with Crippen molar-refractivity contribution >= 4 is 17.7 Å². The molecule has 1 saturated heterocycles. The van der Waals surface area contributed by atoms with E-state index in [4.69, 9.17) is 0 Å². The van der Waals surface area contributed by atoms with Gasteiger partial charge in [-0.25, -0.2) is 0 Å². The first-order chi connectivity index (χ1) is 12.7. The molecule has 1 fully saturated rings. The number of hydrogen-bond acceptors (Lipinski definition) is 3. The maximum absolute atomic E-state index is 12.8. The number of amides is 3. The van der Waals surface area contributed by atoms with E-state index in [-0.39, 0.29) is 23.6 Å². The highest BCUT2D eigenvalue weighted by Crippen LogP contribution is 2.39. The summed E-state index contributed by atoms with van der Waals surface area (Å²) >= 11 is 0. The number of piperazine rings is 1. The lowest BCUT2D eigenvalue weighted by Gasteiger charge is -2.39. The molecule has 3 amide bonds. The van der Waals surface area contributed by atoms with Crippen molar-refractivity contribution in [1.82, 2.24) is 15.1 Å². The van der Waals surface area contributed by atoms with Gasteiger partial charge in [-0.1, -0.05) is 25.5 Å². The summed E-state index contributed by atoms with van der Waals surface area (Å²) in [5.74, 6) is 1.85. The zero-order chi connectivity index (χ0) is 20.1. The van der Waals surface area contributed by atoms with Gasteiger partial charge in [0.15, 0.2) is 0 Å². The van der Waals surface area contributed by atoms with Crippen LogP contribution in [0, 0.1) is 23.7 Å². The van der Waals surface area contributed by atoms with Crippen molar-refractivity contribution in [2.24, 2.45) is 23.7 Å². The largest absolute Gasteiger partial charge is 0.356 e. The highest BCUT2D eigenvalue weighted by molar-refractivity contribution is 5.78. The van der Waals surface area contributed by atoms with Crippen LogP contribution in [0.5, 0.6) is 0 Å². The zero-order valence-electron chi connectivity index (χ0n) is 17.5. The third kappa shape index (κ3) is 5.81. The van der Waals surface area contributed by atoms with Gasteiger partial charge in [0.1, 0.15) is 0 Å². The van der Waals surface area contributed by atoms with E-state index in [1.54, 1.807) is 18.7 Å². The molecule has 1 aliphatic carbocycles. The van der Waals surface area contributed by atoms with E-state index < -0.39 is 0 Å². The molecule has 6 nitrogen and oxygen atoms in total. The van der Waals surface area contributed by atoms with Crippen LogP contribution in [0.3, 0.4) is 0 Å². The fourth-order valence-electron chi connectivity index (χ4n) is 4.38. The van der Waals surface area contributed by atoms with E-state index in [1.807, 2.05) is 4.90 Å². The molecule has 0 spiro atoms. The SMILES string of the molecule is CC(=O)NCC1C=C(C)C(CC(=O)N2CCN(C(C)=O)CC2)CC1C(C)C. The average molecular weight is 378 g/mol. The van der Waals surface area contributed by atoms with E-state index in [1.165, 1.54) is 5.57 Å². The topological polar surface area (TPSA) is 69.7 Å². The van der Waals surface area contributed by atoms with Gasteiger partial charge in [0, 0.05) is 53.0 Å². The minimum atomic E-state index is 0.00515. The number of allylic oxidation sites excluding steroid dienone is 1. The monoisotopic (exact) mass is 377 g/mol. The first kappa shape index (κ1) is 21.5. The van der Waals surface area contributed by atoms with E-state index in [2.05, 4.69) is 32.2 Å². The lowest BCUT2D eigenvalue weighted by atomic mass is 9.69. The molecule has 0 bridgehead atoms. The Morgan fingerprint density at radius 1 is 1.11 bits per heavy atom. The lowest BCUT2D eigenvalue weighted by molar-refractivity contribution is -0.139. The third-order valence-corrected chi connectivity index (χ3v) is 6.17. The van der Waals surface area contributed by atoms with Crippen molar-refractivity contribution in [1.29, 1.82) is 0 Å². The van der Waals surface area contributed by atoms with Crippen molar-refractivity contribution in [2.45, 2.75) is 47.5 Å². The standard InChI is InChI=1S/C21H35N3O3/c1-14(2)20-11-18(15(3)10-19(20)13-22-16(4)25)12-21(27)24-8-6-23(7-9-24)17(5)26/h10,14,18-20H,6-9,11-13H2,1-5H3,(H,22,25). The molecule has 0 aromatic carbocycles. The van der Waals surface area contributed by atoms with Crippen LogP contribution in [0.2, 0.25) is 0 Å². The predicted molar refractivity (Wildman–Crippen MR) is 106 cm³/mol. The van der Waals surface area contributed by atoms with Gasteiger partial charge in [-0.15, -0.1) is 0 Å². The van der Waals surface area contributed by atoms with Crippen molar-refractivity contribution in [3.05, 3.63) is 11.6 Å². The number of carbonyl (C=O) groups excluding carboxylic acids is 3. The molecule has 2 rings (SSSR count). The van der Waals surface area contributed by atoms with Gasteiger partial charge >= 0.3 is 0 Å². The Bertz CT molecular complexity index is 591. The molecule has 1 aliphatic heterocycles. The second-order valence-corrected chi connectivity index (χ2v) is 8.44. The maximum atomic E-state index is 12.8. The van der Waals surface area contributed by atoms with Gasteiger partial charge in [-0.2, -0.15) is 0 Å². The molecular weight excluding hydrogens is 342 g/mol. The zero-order valence-corrected chi connectivity index (χ0v) is 17.5. The number of carbonyl (C=O) groups is 3. The summed E-state index contributed by atoms with van der Waals surface area (Å²) in [6.45, 7) is 12.9. The number of hydrogen-bond donors (Lipinski definition) is 1. The number of rotatable bonds is 5. The van der Waals surface area contributed by atoms with Crippen LogP contribution in [-0.4, -0.2) is 60.2 Å². The molecule has 0 aromatic rings. The summed E-state index contributed by atoms with van der Waals surface area (Å²) in [5.41, 5.74) is 1.26. The molecule has 1 heterocycles. The van der Waals surface area contributed by atoms with Crippen LogP contribution in [0.4, 0.5) is 0 Å². The molecule has 3 atom stereocenters. The predicted octanol–water partition coefficient (Wildman–Crippen LogP) is 2.06. The molecule has 0 saturated carbocycles. The van der Waals surface area contributed by atoms with Crippen LogP contribution in [-0.2, 0) is 14.4 Å². The Hall–Kier alpha value is -1.85. The Labute approximate surface area is 163 Å². The molecule has 0 aromatic heterocycles. The maximum Gasteiger partial charge on any atom is 0.223 e. The van der Waals surface area contributed by atoms with Crippen LogP contribution in [0.25, 0.3) is 0 Å². The summed E-state index contributed by atoms with van der Waals surface area (Å²) in [4.78, 5) is 39.2. The summed E-state index contributed by atoms with van der Waals surface area (Å²) in [5, 5.41) is 2.95. The normalized spacial score (nSPS) is 26.0. The summed E-state index contributed by atoms with van der Waals surface area (Å²) in [6.07, 6.45) is 3.80. The van der Waals surface area contributed by atoms with Crippen molar-refractivity contribution in [3.63, 3.8) is 0 Å². The van der Waals surface area contributed by atoms with Crippen LogP contribution >= 0.6 is 0 Å². The van der Waals surface area contributed by atoms with Crippen molar-refractivity contribution in [3.8, 4) is 0 Å². The Kier molecular flexibility index (Phi) is 7.45. The molecule has 152 valence electrons. The van der Waals surface area contributed by atoms with Crippen LogP contribution < -0.4 is 5.32 Å².